The Hall–Kier alpha value is -3.36. The maximum absolute atomic E-state index is 13.7. The third kappa shape index (κ3) is 8.07. The van der Waals surface area contributed by atoms with Crippen molar-refractivity contribution in [3.8, 4) is 11.5 Å². The number of ether oxygens (including phenoxy) is 3. The minimum Gasteiger partial charge on any atom is -0.493 e. The second kappa shape index (κ2) is 14.5. The van der Waals surface area contributed by atoms with Crippen molar-refractivity contribution in [1.82, 2.24) is 9.80 Å². The van der Waals surface area contributed by atoms with Crippen LogP contribution in [0.2, 0.25) is 0 Å². The molecule has 0 aliphatic rings. The molecule has 0 radical (unpaired) electrons. The van der Waals surface area contributed by atoms with Crippen molar-refractivity contribution in [2.75, 3.05) is 47.6 Å². The van der Waals surface area contributed by atoms with Crippen LogP contribution < -0.4 is 9.47 Å². The molecule has 3 rings (SSSR count). The van der Waals surface area contributed by atoms with Gasteiger partial charge in [0.2, 0.25) is 5.91 Å². The standard InChI is InChI=1S/C30H38N2O5S/c1-22-7-10-25(11-8-22)30(34)32(15-6-17-35-3)21-29(33)31(20-28-23(2)14-18-38-28)16-13-24-9-12-26(36-4)27(19-24)37-5/h7-12,14,18-19H,6,13,15-17,20-21H2,1-5H3. The van der Waals surface area contributed by atoms with Crippen LogP contribution in [-0.2, 0) is 22.5 Å². The number of carbonyl (C=O) groups is 2. The van der Waals surface area contributed by atoms with E-state index in [4.69, 9.17) is 14.2 Å². The molecular weight excluding hydrogens is 500 g/mol. The summed E-state index contributed by atoms with van der Waals surface area (Å²) < 4.78 is 16.0. The van der Waals surface area contributed by atoms with Crippen molar-refractivity contribution in [1.29, 1.82) is 0 Å². The van der Waals surface area contributed by atoms with Crippen LogP contribution in [0.4, 0.5) is 0 Å². The summed E-state index contributed by atoms with van der Waals surface area (Å²) in [5, 5.41) is 2.04. The number of methoxy groups -OCH3 is 3. The molecule has 0 bridgehead atoms. The number of rotatable bonds is 14. The van der Waals surface area contributed by atoms with Crippen molar-refractivity contribution in [2.45, 2.75) is 33.2 Å². The first-order chi connectivity index (χ1) is 18.4. The summed E-state index contributed by atoms with van der Waals surface area (Å²) in [5.74, 6) is 1.09. The van der Waals surface area contributed by atoms with Gasteiger partial charge in [-0.2, -0.15) is 0 Å². The summed E-state index contributed by atoms with van der Waals surface area (Å²) in [5.41, 5.74) is 3.85. The third-order valence-electron chi connectivity index (χ3n) is 6.46. The smallest absolute Gasteiger partial charge is 0.254 e. The van der Waals surface area contributed by atoms with Crippen LogP contribution in [0.5, 0.6) is 11.5 Å². The Labute approximate surface area is 229 Å². The molecule has 0 atom stereocenters. The van der Waals surface area contributed by atoms with Gasteiger partial charge in [-0.3, -0.25) is 9.59 Å². The maximum atomic E-state index is 13.7. The van der Waals surface area contributed by atoms with Crippen LogP contribution in [-0.4, -0.2) is 69.2 Å². The van der Waals surface area contributed by atoms with Crippen LogP contribution in [0.25, 0.3) is 0 Å². The van der Waals surface area contributed by atoms with Crippen LogP contribution >= 0.6 is 11.3 Å². The lowest BCUT2D eigenvalue weighted by Crippen LogP contribution is -2.44. The molecule has 0 saturated heterocycles. The normalized spacial score (nSPS) is 10.8. The fraction of sp³-hybridized carbons (Fsp3) is 0.400. The van der Waals surface area contributed by atoms with Crippen molar-refractivity contribution in [3.63, 3.8) is 0 Å². The molecule has 204 valence electrons. The lowest BCUT2D eigenvalue weighted by Gasteiger charge is -2.28. The predicted octanol–water partition coefficient (Wildman–Crippen LogP) is 5.13. The average Bonchev–Trinajstić information content (AvgIpc) is 3.34. The number of hydrogen-bond acceptors (Lipinski definition) is 6. The van der Waals surface area contributed by atoms with Gasteiger partial charge < -0.3 is 24.0 Å². The first kappa shape index (κ1) is 29.2. The van der Waals surface area contributed by atoms with E-state index in [1.54, 1.807) is 37.6 Å². The second-order valence-electron chi connectivity index (χ2n) is 9.22. The van der Waals surface area contributed by atoms with E-state index < -0.39 is 0 Å². The summed E-state index contributed by atoms with van der Waals surface area (Å²) in [6.07, 6.45) is 1.29. The molecule has 1 heterocycles. The van der Waals surface area contributed by atoms with E-state index in [0.29, 0.717) is 56.1 Å². The Balaban J connectivity index is 1.80. The molecule has 3 aromatic rings. The molecule has 7 nitrogen and oxygen atoms in total. The van der Waals surface area contributed by atoms with Crippen molar-refractivity contribution >= 4 is 23.2 Å². The van der Waals surface area contributed by atoms with Crippen LogP contribution in [0, 0.1) is 13.8 Å². The summed E-state index contributed by atoms with van der Waals surface area (Å²) in [7, 11) is 4.86. The summed E-state index contributed by atoms with van der Waals surface area (Å²) in [6.45, 7) is 6.01. The summed E-state index contributed by atoms with van der Waals surface area (Å²) in [6, 6.07) is 15.3. The molecule has 38 heavy (non-hydrogen) atoms. The first-order valence-electron chi connectivity index (χ1n) is 12.7. The highest BCUT2D eigenvalue weighted by molar-refractivity contribution is 7.10. The Kier molecular flexibility index (Phi) is 11.2. The summed E-state index contributed by atoms with van der Waals surface area (Å²) >= 11 is 1.64. The highest BCUT2D eigenvalue weighted by Crippen LogP contribution is 2.28. The molecule has 0 aliphatic heterocycles. The molecule has 2 aromatic carbocycles. The molecule has 0 aliphatic carbocycles. The number of benzene rings is 2. The zero-order valence-electron chi connectivity index (χ0n) is 23.0. The van der Waals surface area contributed by atoms with Crippen LogP contribution in [0.3, 0.4) is 0 Å². The van der Waals surface area contributed by atoms with E-state index >= 15 is 0 Å². The Morgan fingerprint density at radius 2 is 1.61 bits per heavy atom. The van der Waals surface area contributed by atoms with E-state index in [0.717, 1.165) is 21.6 Å². The molecule has 0 fully saturated rings. The Bertz CT molecular complexity index is 1190. The maximum Gasteiger partial charge on any atom is 0.254 e. The van der Waals surface area contributed by atoms with Gasteiger partial charge in [-0.05, 0) is 73.5 Å². The number of carbonyl (C=O) groups excluding carboxylic acids is 2. The van der Waals surface area contributed by atoms with Gasteiger partial charge in [0, 0.05) is 37.2 Å². The van der Waals surface area contributed by atoms with E-state index in [9.17, 15) is 9.59 Å². The average molecular weight is 539 g/mol. The van der Waals surface area contributed by atoms with Crippen molar-refractivity contribution in [2.24, 2.45) is 0 Å². The number of nitrogens with zero attached hydrogens (tertiary/aromatic N) is 2. The fourth-order valence-corrected chi connectivity index (χ4v) is 5.05. The van der Waals surface area contributed by atoms with Gasteiger partial charge in [0.15, 0.2) is 11.5 Å². The zero-order chi connectivity index (χ0) is 27.5. The zero-order valence-corrected chi connectivity index (χ0v) is 23.8. The highest BCUT2D eigenvalue weighted by Gasteiger charge is 2.23. The quantitative estimate of drug-likeness (QED) is 0.266. The minimum absolute atomic E-state index is 0.00673. The van der Waals surface area contributed by atoms with Gasteiger partial charge in [-0.25, -0.2) is 0 Å². The molecular formula is C30H38N2O5S. The predicted molar refractivity (Wildman–Crippen MR) is 151 cm³/mol. The number of thiophene rings is 1. The van der Waals surface area contributed by atoms with Gasteiger partial charge in [-0.15, -0.1) is 11.3 Å². The monoisotopic (exact) mass is 538 g/mol. The third-order valence-corrected chi connectivity index (χ3v) is 7.47. The van der Waals surface area contributed by atoms with E-state index in [2.05, 4.69) is 13.0 Å². The molecule has 2 amide bonds. The van der Waals surface area contributed by atoms with Crippen molar-refractivity contribution in [3.05, 3.63) is 81.0 Å². The second-order valence-corrected chi connectivity index (χ2v) is 10.2. The van der Waals surface area contributed by atoms with Gasteiger partial charge in [0.25, 0.3) is 5.91 Å². The van der Waals surface area contributed by atoms with Gasteiger partial charge in [0.05, 0.1) is 20.8 Å². The Morgan fingerprint density at radius 3 is 2.24 bits per heavy atom. The molecule has 1 aromatic heterocycles. The topological polar surface area (TPSA) is 68.3 Å². The number of aryl methyl sites for hydroxylation is 2. The highest BCUT2D eigenvalue weighted by atomic mass is 32.1. The van der Waals surface area contributed by atoms with Crippen molar-refractivity contribution < 1.29 is 23.8 Å². The fourth-order valence-electron chi connectivity index (χ4n) is 4.13. The molecule has 0 saturated carbocycles. The Morgan fingerprint density at radius 1 is 0.868 bits per heavy atom. The summed E-state index contributed by atoms with van der Waals surface area (Å²) in [4.78, 5) is 31.7. The van der Waals surface area contributed by atoms with Crippen LogP contribution in [0.15, 0.2) is 53.9 Å². The van der Waals surface area contributed by atoms with E-state index in [-0.39, 0.29) is 18.4 Å². The molecule has 0 unspecified atom stereocenters. The molecule has 0 spiro atoms. The largest absolute Gasteiger partial charge is 0.493 e. The van der Waals surface area contributed by atoms with Gasteiger partial charge >= 0.3 is 0 Å². The van der Waals surface area contributed by atoms with E-state index in [1.807, 2.05) is 59.7 Å². The minimum atomic E-state index is -0.151. The molecule has 0 N–H and O–H groups in total. The lowest BCUT2D eigenvalue weighted by molar-refractivity contribution is -0.132. The van der Waals surface area contributed by atoms with E-state index in [1.165, 1.54) is 0 Å². The van der Waals surface area contributed by atoms with Gasteiger partial charge in [-0.1, -0.05) is 23.8 Å². The number of amides is 2. The van der Waals surface area contributed by atoms with Gasteiger partial charge in [0.1, 0.15) is 6.54 Å². The lowest BCUT2D eigenvalue weighted by atomic mass is 10.1. The first-order valence-corrected chi connectivity index (χ1v) is 13.6. The SMILES string of the molecule is COCCCN(CC(=O)N(CCc1ccc(OC)c(OC)c1)Cc1sccc1C)C(=O)c1ccc(C)cc1. The number of hydrogen-bond donors (Lipinski definition) is 0. The van der Waals surface area contributed by atoms with Crippen LogP contribution in [0.1, 0.15) is 38.3 Å². The molecule has 8 heteroatoms.